The molecule has 0 aliphatic carbocycles. The quantitative estimate of drug-likeness (QED) is 0.231. The van der Waals surface area contributed by atoms with Gasteiger partial charge in [-0.25, -0.2) is 0 Å². The molecule has 0 saturated carbocycles. The summed E-state index contributed by atoms with van der Waals surface area (Å²) in [6, 6.07) is 3.63. The molecular weight excluding hydrogens is 368 g/mol. The van der Waals surface area contributed by atoms with E-state index in [4.69, 9.17) is 31.2 Å². The Hall–Kier alpha value is -2.10. The number of hydrazone groups is 1. The maximum atomic E-state index is 5.36. The topological polar surface area (TPSA) is 77.8 Å². The molecule has 1 aromatic rings. The van der Waals surface area contributed by atoms with E-state index in [1.807, 2.05) is 12.1 Å². The maximum Gasteiger partial charge on any atom is 0.203 e. The van der Waals surface area contributed by atoms with E-state index in [9.17, 15) is 0 Å². The fraction of sp³-hybridized carbons (Fsp3) is 0.556. The Labute approximate surface area is 165 Å². The first-order chi connectivity index (χ1) is 13.2. The lowest BCUT2D eigenvalue weighted by atomic mass is 10.2. The molecule has 1 aliphatic rings. The van der Waals surface area contributed by atoms with Crippen molar-refractivity contribution in [2.75, 3.05) is 60.7 Å². The van der Waals surface area contributed by atoms with E-state index in [0.29, 0.717) is 22.4 Å². The van der Waals surface area contributed by atoms with Crippen LogP contribution in [0.5, 0.6) is 17.2 Å². The van der Waals surface area contributed by atoms with Gasteiger partial charge in [-0.15, -0.1) is 0 Å². The van der Waals surface area contributed by atoms with E-state index in [2.05, 4.69) is 15.8 Å². The van der Waals surface area contributed by atoms with E-state index in [1.165, 1.54) is 0 Å². The van der Waals surface area contributed by atoms with Crippen molar-refractivity contribution >= 4 is 23.5 Å². The van der Waals surface area contributed by atoms with Gasteiger partial charge in [0.1, 0.15) is 13.1 Å². The SMILES string of the molecule is COc1cc(/C=N\NC(=S)NCCC[NH+]2CCOCC2)cc(OC)c1OC. The summed E-state index contributed by atoms with van der Waals surface area (Å²) in [5.41, 5.74) is 3.62. The largest absolute Gasteiger partial charge is 0.493 e. The van der Waals surface area contributed by atoms with E-state index < -0.39 is 0 Å². The summed E-state index contributed by atoms with van der Waals surface area (Å²) in [6.45, 7) is 5.82. The van der Waals surface area contributed by atoms with Crippen LogP contribution < -0.4 is 29.9 Å². The van der Waals surface area contributed by atoms with Crippen molar-refractivity contribution in [1.29, 1.82) is 0 Å². The Balaban J connectivity index is 1.76. The fourth-order valence-electron chi connectivity index (χ4n) is 2.83. The van der Waals surface area contributed by atoms with Gasteiger partial charge in [-0.3, -0.25) is 5.43 Å². The van der Waals surface area contributed by atoms with E-state index >= 15 is 0 Å². The number of nitrogens with zero attached hydrogens (tertiary/aromatic N) is 1. The highest BCUT2D eigenvalue weighted by Crippen LogP contribution is 2.37. The third-order valence-electron chi connectivity index (χ3n) is 4.26. The molecule has 1 saturated heterocycles. The third-order valence-corrected chi connectivity index (χ3v) is 4.49. The smallest absolute Gasteiger partial charge is 0.203 e. The van der Waals surface area contributed by atoms with Gasteiger partial charge >= 0.3 is 0 Å². The van der Waals surface area contributed by atoms with Crippen molar-refractivity contribution in [2.24, 2.45) is 5.10 Å². The normalized spacial score (nSPS) is 14.8. The molecule has 150 valence electrons. The molecular formula is C18H29N4O4S+. The first-order valence-corrected chi connectivity index (χ1v) is 9.37. The summed E-state index contributed by atoms with van der Waals surface area (Å²) >= 11 is 5.24. The van der Waals surface area contributed by atoms with E-state index in [1.54, 1.807) is 32.4 Å². The molecule has 0 radical (unpaired) electrons. The second-order valence-corrected chi connectivity index (χ2v) is 6.46. The van der Waals surface area contributed by atoms with Crippen LogP contribution >= 0.6 is 12.2 Å². The number of hydrogen-bond acceptors (Lipinski definition) is 6. The summed E-state index contributed by atoms with van der Waals surface area (Å²) in [4.78, 5) is 1.59. The highest BCUT2D eigenvalue weighted by atomic mass is 32.1. The molecule has 1 aromatic carbocycles. The monoisotopic (exact) mass is 397 g/mol. The molecule has 2 rings (SSSR count). The van der Waals surface area contributed by atoms with Gasteiger partial charge in [-0.05, 0) is 24.4 Å². The van der Waals surface area contributed by atoms with E-state index in [0.717, 1.165) is 51.4 Å². The molecule has 0 spiro atoms. The van der Waals surface area contributed by atoms with Crippen molar-refractivity contribution in [1.82, 2.24) is 10.7 Å². The molecule has 8 nitrogen and oxygen atoms in total. The number of nitrogens with one attached hydrogen (secondary N) is 3. The third kappa shape index (κ3) is 6.85. The molecule has 1 fully saturated rings. The van der Waals surface area contributed by atoms with Gasteiger partial charge in [0.15, 0.2) is 16.6 Å². The number of thiocarbonyl (C=S) groups is 1. The van der Waals surface area contributed by atoms with Gasteiger partial charge in [0.2, 0.25) is 5.75 Å². The van der Waals surface area contributed by atoms with Crippen LogP contribution in [0, 0.1) is 0 Å². The summed E-state index contributed by atoms with van der Waals surface area (Å²) in [5, 5.41) is 7.82. The second kappa shape index (κ2) is 11.6. The zero-order valence-electron chi connectivity index (χ0n) is 16.2. The number of ether oxygens (including phenoxy) is 4. The number of rotatable bonds is 9. The first-order valence-electron chi connectivity index (χ1n) is 8.96. The van der Waals surface area contributed by atoms with Crippen molar-refractivity contribution in [3.05, 3.63) is 17.7 Å². The van der Waals surface area contributed by atoms with Crippen LogP contribution in [-0.2, 0) is 4.74 Å². The summed E-state index contributed by atoms with van der Waals surface area (Å²) in [6.07, 6.45) is 2.70. The van der Waals surface area contributed by atoms with Crippen LogP contribution in [0.25, 0.3) is 0 Å². The van der Waals surface area contributed by atoms with Crippen LogP contribution in [0.2, 0.25) is 0 Å². The van der Waals surface area contributed by atoms with Crippen LogP contribution in [0.3, 0.4) is 0 Å². The highest BCUT2D eigenvalue weighted by molar-refractivity contribution is 7.80. The van der Waals surface area contributed by atoms with Crippen LogP contribution in [0.4, 0.5) is 0 Å². The van der Waals surface area contributed by atoms with Gasteiger partial charge in [-0.1, -0.05) is 0 Å². The fourth-order valence-corrected chi connectivity index (χ4v) is 2.99. The first kappa shape index (κ1) is 21.2. The molecule has 0 bridgehead atoms. The number of methoxy groups -OCH3 is 3. The Kier molecular flexibility index (Phi) is 9.09. The average molecular weight is 398 g/mol. The Morgan fingerprint density at radius 3 is 2.44 bits per heavy atom. The zero-order chi connectivity index (χ0) is 19.5. The van der Waals surface area contributed by atoms with Crippen molar-refractivity contribution in [3.8, 4) is 17.2 Å². The lowest BCUT2D eigenvalue weighted by Gasteiger charge is -2.23. The number of benzene rings is 1. The minimum Gasteiger partial charge on any atom is -0.493 e. The molecule has 0 amide bonds. The van der Waals surface area contributed by atoms with Gasteiger partial charge in [0, 0.05) is 18.5 Å². The molecule has 27 heavy (non-hydrogen) atoms. The molecule has 3 N–H and O–H groups in total. The molecule has 0 aromatic heterocycles. The summed E-state index contributed by atoms with van der Waals surface area (Å²) in [7, 11) is 4.72. The molecule has 0 unspecified atom stereocenters. The number of hydrogen-bond donors (Lipinski definition) is 3. The lowest BCUT2D eigenvalue weighted by molar-refractivity contribution is -0.908. The lowest BCUT2D eigenvalue weighted by Crippen LogP contribution is -3.14. The molecule has 0 atom stereocenters. The maximum absolute atomic E-state index is 5.36. The zero-order valence-corrected chi connectivity index (χ0v) is 17.0. The van der Waals surface area contributed by atoms with Gasteiger partial charge < -0.3 is 29.2 Å². The van der Waals surface area contributed by atoms with Gasteiger partial charge in [0.25, 0.3) is 0 Å². The Morgan fingerprint density at radius 1 is 1.19 bits per heavy atom. The van der Waals surface area contributed by atoms with Crippen LogP contribution in [0.15, 0.2) is 17.2 Å². The molecule has 1 heterocycles. The highest BCUT2D eigenvalue weighted by Gasteiger charge is 2.13. The predicted octanol–water partition coefficient (Wildman–Crippen LogP) is -0.184. The number of morpholine rings is 1. The average Bonchev–Trinajstić information content (AvgIpc) is 2.71. The van der Waals surface area contributed by atoms with Crippen molar-refractivity contribution < 1.29 is 23.8 Å². The van der Waals surface area contributed by atoms with Crippen LogP contribution in [0.1, 0.15) is 12.0 Å². The standard InChI is InChI=1S/C18H28N4O4S/c1-23-15-11-14(12-16(24-2)17(15)25-3)13-20-21-18(27)19-5-4-6-22-7-9-26-10-8-22/h11-13H,4-10H2,1-3H3,(H2,19,21,27)/p+1/b20-13-. The van der Waals surface area contributed by atoms with Gasteiger partial charge in [-0.2, -0.15) is 5.10 Å². The molecule has 1 aliphatic heterocycles. The minimum atomic E-state index is 0.496. The van der Waals surface area contributed by atoms with Crippen molar-refractivity contribution in [2.45, 2.75) is 6.42 Å². The summed E-state index contributed by atoms with van der Waals surface area (Å²) < 4.78 is 21.3. The molecule has 9 heteroatoms. The number of quaternary nitrogens is 1. The van der Waals surface area contributed by atoms with E-state index in [-0.39, 0.29) is 0 Å². The second-order valence-electron chi connectivity index (χ2n) is 6.05. The Bertz CT molecular complexity index is 611. The Morgan fingerprint density at radius 2 is 1.85 bits per heavy atom. The van der Waals surface area contributed by atoms with Crippen molar-refractivity contribution in [3.63, 3.8) is 0 Å². The van der Waals surface area contributed by atoms with Gasteiger partial charge in [0.05, 0.1) is 47.3 Å². The minimum absolute atomic E-state index is 0.496. The van der Waals surface area contributed by atoms with Crippen LogP contribution in [-0.4, -0.2) is 72.0 Å². The summed E-state index contributed by atoms with van der Waals surface area (Å²) in [5.74, 6) is 1.69. The predicted molar refractivity (Wildman–Crippen MR) is 108 cm³/mol.